The Morgan fingerprint density at radius 3 is 2.45 bits per heavy atom. The summed E-state index contributed by atoms with van der Waals surface area (Å²) in [5, 5.41) is 16.0. The predicted octanol–water partition coefficient (Wildman–Crippen LogP) is 3.11. The average Bonchev–Trinajstić information content (AvgIpc) is 3.35. The molecule has 1 N–H and O–H groups in total. The Morgan fingerprint density at radius 2 is 1.82 bits per heavy atom. The Bertz CT molecular complexity index is 1080. The highest BCUT2D eigenvalue weighted by Crippen LogP contribution is 2.24. The molecule has 1 aliphatic heterocycles. The number of rotatable bonds is 7. The van der Waals surface area contributed by atoms with Crippen molar-refractivity contribution < 1.29 is 18.0 Å². The van der Waals surface area contributed by atoms with Crippen LogP contribution in [0.5, 0.6) is 0 Å². The molecule has 172 valence electrons. The number of benzene rings is 2. The summed E-state index contributed by atoms with van der Waals surface area (Å²) in [4.78, 5) is 15.5. The van der Waals surface area contributed by atoms with Crippen LogP contribution in [-0.2, 0) is 4.79 Å². The number of nitrogens with one attached hydrogen (secondary N) is 1. The maximum atomic E-state index is 13.3. The van der Waals surface area contributed by atoms with Gasteiger partial charge in [-0.15, -0.1) is 10.2 Å². The third kappa shape index (κ3) is 5.47. The summed E-state index contributed by atoms with van der Waals surface area (Å²) in [5.41, 5.74) is 2.17. The van der Waals surface area contributed by atoms with Crippen molar-refractivity contribution in [3.05, 3.63) is 71.6 Å². The summed E-state index contributed by atoms with van der Waals surface area (Å²) >= 11 is 0. The number of carbonyl (C=O) groups excluding carboxylic acids is 1. The van der Waals surface area contributed by atoms with Gasteiger partial charge in [0.15, 0.2) is 0 Å². The molecule has 10 heteroatoms. The second-order valence-electron chi connectivity index (χ2n) is 7.57. The first kappa shape index (κ1) is 22.7. The first-order valence-electron chi connectivity index (χ1n) is 10.6. The summed E-state index contributed by atoms with van der Waals surface area (Å²) in [7, 11) is 1.63. The van der Waals surface area contributed by atoms with Gasteiger partial charge in [0.1, 0.15) is 6.04 Å². The molecule has 0 bridgehead atoms. The van der Waals surface area contributed by atoms with Crippen molar-refractivity contribution in [1.82, 2.24) is 25.4 Å². The van der Waals surface area contributed by atoms with E-state index in [-0.39, 0.29) is 11.8 Å². The number of likely N-dealkylation sites (N-methyl/N-ethyl adjacent to an activating group) is 1. The zero-order valence-electron chi connectivity index (χ0n) is 18.1. The van der Waals surface area contributed by atoms with Crippen LogP contribution in [0.1, 0.15) is 29.5 Å². The second-order valence-corrected chi connectivity index (χ2v) is 7.57. The molecule has 0 spiro atoms. The van der Waals surface area contributed by atoms with Crippen molar-refractivity contribution in [2.45, 2.75) is 12.5 Å². The first-order chi connectivity index (χ1) is 16.0. The van der Waals surface area contributed by atoms with Crippen molar-refractivity contribution in [2.75, 3.05) is 33.2 Å². The van der Waals surface area contributed by atoms with Crippen molar-refractivity contribution in [3.63, 3.8) is 0 Å². The Hall–Kier alpha value is -3.50. The minimum Gasteiger partial charge on any atom is -0.415 e. The maximum Gasteiger partial charge on any atom is 0.314 e. The Labute approximate surface area is 189 Å². The lowest BCUT2D eigenvalue weighted by atomic mass is 10.0. The van der Waals surface area contributed by atoms with Crippen LogP contribution in [0, 0.1) is 0 Å². The van der Waals surface area contributed by atoms with Gasteiger partial charge in [0.2, 0.25) is 5.89 Å². The number of hydrogen-bond donors (Lipinski definition) is 1. The minimum absolute atomic E-state index is 0.0165. The molecule has 2 aromatic carbocycles. The maximum absolute atomic E-state index is 13.3. The monoisotopic (exact) mass is 454 g/mol. The molecule has 33 heavy (non-hydrogen) atoms. The zero-order valence-corrected chi connectivity index (χ0v) is 18.1. The van der Waals surface area contributed by atoms with E-state index in [1.54, 1.807) is 37.5 Å². The fourth-order valence-corrected chi connectivity index (χ4v) is 3.62. The van der Waals surface area contributed by atoms with Crippen LogP contribution >= 0.6 is 0 Å². The third-order valence-electron chi connectivity index (χ3n) is 5.35. The van der Waals surface area contributed by atoms with E-state index in [9.17, 15) is 13.6 Å². The fraction of sp³-hybridized carbons (Fsp3) is 0.304. The topological polar surface area (TPSA) is 86.9 Å². The van der Waals surface area contributed by atoms with Gasteiger partial charge in [0.05, 0.1) is 6.21 Å². The van der Waals surface area contributed by atoms with E-state index in [0.717, 1.165) is 37.3 Å². The molecule has 0 aliphatic carbocycles. The Morgan fingerprint density at radius 1 is 1.12 bits per heavy atom. The van der Waals surface area contributed by atoms with Gasteiger partial charge in [-0.1, -0.05) is 42.5 Å². The van der Waals surface area contributed by atoms with Crippen LogP contribution in [0.3, 0.4) is 0 Å². The normalized spacial score (nSPS) is 15.8. The van der Waals surface area contributed by atoms with Gasteiger partial charge < -0.3 is 9.73 Å². The standard InChI is InChI=1S/C23H24F2N6O2/c1-30(23(32)19(17-5-3-2-4-6-17)31-13-11-26-12-14-31)27-15-16-7-9-18(10-8-16)21-28-29-22(33-21)20(24)25/h2-10,15,19-20,26H,11-14H2,1H3/b27-15+/t19-/m1/s1. The van der Waals surface area contributed by atoms with Gasteiger partial charge >= 0.3 is 6.43 Å². The van der Waals surface area contributed by atoms with E-state index in [1.807, 2.05) is 30.3 Å². The number of aromatic nitrogens is 2. The average molecular weight is 454 g/mol. The molecule has 1 saturated heterocycles. The van der Waals surface area contributed by atoms with Gasteiger partial charge in [-0.3, -0.25) is 9.69 Å². The number of hydrazone groups is 1. The van der Waals surface area contributed by atoms with Crippen molar-refractivity contribution in [1.29, 1.82) is 0 Å². The Kier molecular flexibility index (Phi) is 7.16. The highest BCUT2D eigenvalue weighted by molar-refractivity contribution is 5.86. The summed E-state index contributed by atoms with van der Waals surface area (Å²) < 4.78 is 30.2. The molecule has 1 aromatic heterocycles. The largest absolute Gasteiger partial charge is 0.415 e. The van der Waals surface area contributed by atoms with Gasteiger partial charge in [0.25, 0.3) is 11.8 Å². The summed E-state index contributed by atoms with van der Waals surface area (Å²) in [6.45, 7) is 3.20. The van der Waals surface area contributed by atoms with E-state index in [2.05, 4.69) is 25.5 Å². The molecule has 1 fully saturated rings. The van der Waals surface area contributed by atoms with Crippen LogP contribution in [0.25, 0.3) is 11.5 Å². The Balaban J connectivity index is 1.46. The highest BCUT2D eigenvalue weighted by atomic mass is 19.3. The van der Waals surface area contributed by atoms with Gasteiger partial charge in [-0.05, 0) is 23.3 Å². The number of piperazine rings is 1. The molecule has 2 heterocycles. The van der Waals surface area contributed by atoms with E-state index in [1.165, 1.54) is 5.01 Å². The van der Waals surface area contributed by atoms with E-state index in [0.29, 0.717) is 5.56 Å². The summed E-state index contributed by atoms with van der Waals surface area (Å²) in [6.07, 6.45) is -1.24. The van der Waals surface area contributed by atoms with Crippen LogP contribution < -0.4 is 5.32 Å². The van der Waals surface area contributed by atoms with Gasteiger partial charge in [0, 0.05) is 38.8 Å². The van der Waals surface area contributed by atoms with Crippen molar-refractivity contribution in [3.8, 4) is 11.5 Å². The second kappa shape index (κ2) is 10.4. The highest BCUT2D eigenvalue weighted by Gasteiger charge is 2.30. The molecular weight excluding hydrogens is 430 g/mol. The van der Waals surface area contributed by atoms with Crippen LogP contribution in [0.2, 0.25) is 0 Å². The lowest BCUT2D eigenvalue weighted by Gasteiger charge is -2.35. The number of carbonyl (C=O) groups is 1. The minimum atomic E-state index is -2.81. The van der Waals surface area contributed by atoms with Gasteiger partial charge in [-0.2, -0.15) is 13.9 Å². The zero-order chi connectivity index (χ0) is 23.2. The molecule has 0 unspecified atom stereocenters. The lowest BCUT2D eigenvalue weighted by Crippen LogP contribution is -2.49. The summed E-state index contributed by atoms with van der Waals surface area (Å²) in [5.74, 6) is -0.822. The molecule has 1 atom stereocenters. The molecule has 3 aromatic rings. The molecule has 0 saturated carbocycles. The molecule has 0 radical (unpaired) electrons. The lowest BCUT2D eigenvalue weighted by molar-refractivity contribution is -0.136. The fourth-order valence-electron chi connectivity index (χ4n) is 3.62. The predicted molar refractivity (Wildman–Crippen MR) is 119 cm³/mol. The van der Waals surface area contributed by atoms with Gasteiger partial charge in [-0.25, -0.2) is 5.01 Å². The summed E-state index contributed by atoms with van der Waals surface area (Å²) in [6, 6.07) is 16.1. The van der Waals surface area contributed by atoms with Crippen molar-refractivity contribution >= 4 is 12.1 Å². The number of nitrogens with zero attached hydrogens (tertiary/aromatic N) is 5. The molecule has 8 nitrogen and oxygen atoms in total. The number of alkyl halides is 2. The van der Waals surface area contributed by atoms with Crippen molar-refractivity contribution in [2.24, 2.45) is 5.10 Å². The number of amides is 1. The van der Waals surface area contributed by atoms with E-state index in [4.69, 9.17) is 4.42 Å². The smallest absolute Gasteiger partial charge is 0.314 e. The molecule has 1 amide bonds. The van der Waals surface area contributed by atoms with Crippen LogP contribution in [0.4, 0.5) is 8.78 Å². The SMILES string of the molecule is CN(/N=C/c1ccc(-c2nnc(C(F)F)o2)cc1)C(=O)[C@@H](c1ccccc1)N1CCNCC1. The molecular formula is C23H24F2N6O2. The van der Waals surface area contributed by atoms with E-state index >= 15 is 0 Å². The molecule has 1 aliphatic rings. The number of halogens is 2. The number of hydrogen-bond acceptors (Lipinski definition) is 7. The van der Waals surface area contributed by atoms with Crippen LogP contribution in [0.15, 0.2) is 64.1 Å². The quantitative estimate of drug-likeness (QED) is 0.436. The third-order valence-corrected chi connectivity index (χ3v) is 5.35. The van der Waals surface area contributed by atoms with Crippen LogP contribution in [-0.4, -0.2) is 65.5 Å². The first-order valence-corrected chi connectivity index (χ1v) is 10.6. The van der Waals surface area contributed by atoms with E-state index < -0.39 is 18.4 Å². The molecule has 4 rings (SSSR count).